The van der Waals surface area contributed by atoms with E-state index in [2.05, 4.69) is 43.4 Å². The summed E-state index contributed by atoms with van der Waals surface area (Å²) in [5, 5.41) is 0. The van der Waals surface area contributed by atoms with Crippen LogP contribution >= 0.6 is 22.6 Å². The van der Waals surface area contributed by atoms with Gasteiger partial charge in [-0.1, -0.05) is 62.6 Å². The van der Waals surface area contributed by atoms with Gasteiger partial charge in [-0.2, -0.15) is 0 Å². The first kappa shape index (κ1) is 21.8. The van der Waals surface area contributed by atoms with Crippen LogP contribution in [0, 0.1) is 0 Å². The fraction of sp³-hybridized carbons (Fsp3) is 1.00. The fourth-order valence-corrected chi connectivity index (χ4v) is 5.16. The monoisotopic (exact) mass is 430 g/mol. The van der Waals surface area contributed by atoms with Gasteiger partial charge in [0.05, 0.1) is 0 Å². The zero-order valence-corrected chi connectivity index (χ0v) is 17.5. The minimum absolute atomic E-state index is 0.783. The Kier molecular flexibility index (Phi) is 16.3. The molecule has 0 aliphatic rings. The van der Waals surface area contributed by atoms with Crippen molar-refractivity contribution in [3.63, 3.8) is 0 Å². The fourth-order valence-electron chi connectivity index (χ4n) is 1.89. The van der Waals surface area contributed by atoms with Crippen molar-refractivity contribution in [1.29, 1.82) is 0 Å². The summed E-state index contributed by atoms with van der Waals surface area (Å²) in [6, 6.07) is 0.979. The average Bonchev–Trinajstić information content (AvgIpc) is 2.48. The van der Waals surface area contributed by atoms with Gasteiger partial charge in [-0.15, -0.1) is 0 Å². The molecule has 0 saturated carbocycles. The molecule has 0 aliphatic heterocycles. The third kappa shape index (κ3) is 12.0. The van der Waals surface area contributed by atoms with Crippen molar-refractivity contribution in [3.05, 3.63) is 0 Å². The first-order chi connectivity index (χ1) is 10.2. The smallest absolute Gasteiger partial charge is 0.373 e. The van der Waals surface area contributed by atoms with Crippen LogP contribution in [0.4, 0.5) is 0 Å². The molecule has 0 aromatic carbocycles. The van der Waals surface area contributed by atoms with E-state index in [1.165, 1.54) is 10.8 Å². The van der Waals surface area contributed by atoms with Crippen LogP contribution in [-0.2, 0) is 13.3 Å². The molecule has 5 heteroatoms. The van der Waals surface area contributed by atoms with E-state index < -0.39 is 8.80 Å². The lowest BCUT2D eigenvalue weighted by atomic mass is 10.4. The summed E-state index contributed by atoms with van der Waals surface area (Å²) in [6.45, 7) is 8.93. The van der Waals surface area contributed by atoms with E-state index in [1.807, 2.05) is 0 Å². The second-order valence-electron chi connectivity index (χ2n) is 5.44. The lowest BCUT2D eigenvalue weighted by Gasteiger charge is -2.30. The van der Waals surface area contributed by atoms with E-state index in [1.54, 1.807) is 0 Å². The van der Waals surface area contributed by atoms with Crippen molar-refractivity contribution in [2.75, 3.05) is 24.2 Å². The van der Waals surface area contributed by atoms with E-state index in [0.29, 0.717) is 0 Å². The van der Waals surface area contributed by atoms with Crippen LogP contribution in [0.3, 0.4) is 0 Å². The van der Waals surface area contributed by atoms with Gasteiger partial charge >= 0.3 is 8.80 Å². The maximum atomic E-state index is 6.20. The van der Waals surface area contributed by atoms with E-state index in [9.17, 15) is 0 Å². The van der Waals surface area contributed by atoms with Gasteiger partial charge in [-0.05, 0) is 36.5 Å². The van der Waals surface area contributed by atoms with Crippen molar-refractivity contribution < 1.29 is 13.3 Å². The third-order valence-corrected chi connectivity index (χ3v) is 6.99. The second kappa shape index (κ2) is 15.7. The summed E-state index contributed by atoms with van der Waals surface area (Å²) >= 11 is 2.44. The van der Waals surface area contributed by atoms with E-state index in [-0.39, 0.29) is 0 Å². The molecule has 0 heterocycles. The normalized spacial score (nSPS) is 12.0. The Balaban J connectivity index is 4.52. The summed E-state index contributed by atoms with van der Waals surface area (Å²) in [5.41, 5.74) is 0. The van der Waals surface area contributed by atoms with Crippen LogP contribution in [0.5, 0.6) is 0 Å². The topological polar surface area (TPSA) is 27.7 Å². The summed E-state index contributed by atoms with van der Waals surface area (Å²) < 4.78 is 19.8. The largest absolute Gasteiger partial charge is 0.500 e. The Labute approximate surface area is 147 Å². The quantitative estimate of drug-likeness (QED) is 0.138. The minimum Gasteiger partial charge on any atom is -0.373 e. The number of alkyl halides is 1. The molecule has 0 spiro atoms. The van der Waals surface area contributed by atoms with Gasteiger partial charge in [-0.25, -0.2) is 0 Å². The molecule has 0 aromatic heterocycles. The van der Waals surface area contributed by atoms with E-state index in [4.69, 9.17) is 13.3 Å². The predicted octanol–water partition coefficient (Wildman–Crippen LogP) is 5.59. The number of halogens is 1. The van der Waals surface area contributed by atoms with Gasteiger partial charge < -0.3 is 13.3 Å². The second-order valence-corrected chi connectivity index (χ2v) is 9.25. The Morgan fingerprint density at radius 2 is 1.10 bits per heavy atom. The summed E-state index contributed by atoms with van der Waals surface area (Å²) in [7, 11) is -2.45. The molecule has 0 radical (unpaired) electrons. The Morgan fingerprint density at radius 1 is 0.667 bits per heavy atom. The lowest BCUT2D eigenvalue weighted by Crippen LogP contribution is -2.46. The maximum Gasteiger partial charge on any atom is 0.500 e. The van der Waals surface area contributed by atoms with Crippen molar-refractivity contribution in [2.24, 2.45) is 0 Å². The van der Waals surface area contributed by atoms with Crippen LogP contribution < -0.4 is 0 Å². The van der Waals surface area contributed by atoms with Crippen molar-refractivity contribution >= 4 is 31.4 Å². The molecule has 0 unspecified atom stereocenters. The first-order valence-corrected chi connectivity index (χ1v) is 12.2. The first-order valence-electron chi connectivity index (χ1n) is 8.72. The van der Waals surface area contributed by atoms with Crippen molar-refractivity contribution in [3.8, 4) is 0 Å². The highest BCUT2D eigenvalue weighted by atomic mass is 127. The van der Waals surface area contributed by atoms with Gasteiger partial charge in [0.15, 0.2) is 0 Å². The lowest BCUT2D eigenvalue weighted by molar-refractivity contribution is 0.0558. The van der Waals surface area contributed by atoms with Crippen LogP contribution in [0.2, 0.25) is 6.04 Å². The highest BCUT2D eigenvalue weighted by molar-refractivity contribution is 14.1. The Bertz CT molecular complexity index is 172. The minimum atomic E-state index is -2.45. The van der Waals surface area contributed by atoms with Crippen LogP contribution in [0.1, 0.15) is 72.1 Å². The molecule has 0 aliphatic carbocycles. The van der Waals surface area contributed by atoms with Gasteiger partial charge in [-0.3, -0.25) is 0 Å². The van der Waals surface area contributed by atoms with Gasteiger partial charge in [0, 0.05) is 25.9 Å². The average molecular weight is 430 g/mol. The van der Waals surface area contributed by atoms with Gasteiger partial charge in [0.1, 0.15) is 0 Å². The number of hydrogen-bond acceptors (Lipinski definition) is 3. The predicted molar refractivity (Wildman–Crippen MR) is 101 cm³/mol. The Morgan fingerprint density at radius 3 is 1.43 bits per heavy atom. The standard InChI is InChI=1S/C16H35IO3Si/c1-4-7-13-18-21(16-11-10-12-17,19-14-8-5-2)20-15-9-6-3/h4-16H2,1-3H3. The molecule has 0 fully saturated rings. The molecule has 21 heavy (non-hydrogen) atoms. The summed E-state index contributed by atoms with van der Waals surface area (Å²) in [6.07, 6.45) is 9.12. The highest BCUT2D eigenvalue weighted by Gasteiger charge is 2.40. The highest BCUT2D eigenvalue weighted by Crippen LogP contribution is 2.21. The summed E-state index contributed by atoms with van der Waals surface area (Å²) in [4.78, 5) is 0. The van der Waals surface area contributed by atoms with Crippen LogP contribution in [0.25, 0.3) is 0 Å². The zero-order valence-electron chi connectivity index (χ0n) is 14.3. The SMILES string of the molecule is CCCCO[Si](CCCCI)(OCCCC)OCCCC. The van der Waals surface area contributed by atoms with Crippen LogP contribution in [-0.4, -0.2) is 33.1 Å². The number of unbranched alkanes of at least 4 members (excludes halogenated alkanes) is 4. The molecule has 0 amide bonds. The molecule has 3 nitrogen and oxygen atoms in total. The molecular formula is C16H35IO3Si. The maximum absolute atomic E-state index is 6.20. The molecule has 0 rings (SSSR count). The molecule has 0 bridgehead atoms. The molecule has 0 saturated heterocycles. The molecular weight excluding hydrogens is 395 g/mol. The van der Waals surface area contributed by atoms with Crippen molar-refractivity contribution in [1.82, 2.24) is 0 Å². The molecule has 0 atom stereocenters. The van der Waals surface area contributed by atoms with Gasteiger partial charge in [0.2, 0.25) is 0 Å². The molecule has 0 aromatic rings. The summed E-state index contributed by atoms with van der Waals surface area (Å²) in [5.74, 6) is 0. The number of rotatable bonds is 16. The van der Waals surface area contributed by atoms with E-state index >= 15 is 0 Å². The molecule has 0 N–H and O–H groups in total. The molecule has 128 valence electrons. The van der Waals surface area contributed by atoms with E-state index in [0.717, 1.165) is 70.8 Å². The van der Waals surface area contributed by atoms with Crippen LogP contribution in [0.15, 0.2) is 0 Å². The Hall–Kier alpha value is 0.827. The third-order valence-electron chi connectivity index (χ3n) is 3.33. The number of hydrogen-bond donors (Lipinski definition) is 0. The van der Waals surface area contributed by atoms with Crippen molar-refractivity contribution in [2.45, 2.75) is 78.2 Å². The van der Waals surface area contributed by atoms with Gasteiger partial charge in [0.25, 0.3) is 0 Å². The zero-order chi connectivity index (χ0) is 15.8.